The average molecular weight is 292 g/mol. The monoisotopic (exact) mass is 292 g/mol. The van der Waals surface area contributed by atoms with E-state index in [0.717, 1.165) is 31.9 Å². The molecule has 0 radical (unpaired) electrons. The van der Waals surface area contributed by atoms with E-state index in [0.29, 0.717) is 5.92 Å². The maximum atomic E-state index is 6.44. The van der Waals surface area contributed by atoms with E-state index in [1.165, 1.54) is 12.0 Å². The quantitative estimate of drug-likeness (QED) is 0.838. The molecule has 1 aromatic rings. The van der Waals surface area contributed by atoms with Crippen molar-refractivity contribution in [1.29, 1.82) is 0 Å². The number of ether oxygens (including phenoxy) is 2. The lowest BCUT2D eigenvalue weighted by molar-refractivity contribution is 0.141. The first-order valence-corrected chi connectivity index (χ1v) is 7.82. The smallest absolute Gasteiger partial charge is 0.123 e. The largest absolute Gasteiger partial charge is 0.496 e. The first-order valence-electron chi connectivity index (χ1n) is 7.82. The second kappa shape index (κ2) is 7.78. The average Bonchev–Trinajstić information content (AvgIpc) is 2.96. The number of rotatable bonds is 7. The van der Waals surface area contributed by atoms with Crippen molar-refractivity contribution in [2.45, 2.75) is 31.8 Å². The van der Waals surface area contributed by atoms with Crippen molar-refractivity contribution in [2.24, 2.45) is 11.7 Å². The minimum atomic E-state index is 0.114. The molecule has 0 spiro atoms. The van der Waals surface area contributed by atoms with Gasteiger partial charge in [-0.05, 0) is 31.4 Å². The molecule has 0 amide bonds. The van der Waals surface area contributed by atoms with Gasteiger partial charge >= 0.3 is 0 Å². The fraction of sp³-hybridized carbons (Fsp3) is 0.647. The van der Waals surface area contributed by atoms with Crippen LogP contribution in [-0.4, -0.2) is 44.9 Å². The summed E-state index contributed by atoms with van der Waals surface area (Å²) in [4.78, 5) is 2.50. The molecule has 0 saturated carbocycles. The predicted octanol–water partition coefficient (Wildman–Crippen LogP) is 2.44. The summed E-state index contributed by atoms with van der Waals surface area (Å²) in [6, 6.07) is 8.57. The highest BCUT2D eigenvalue weighted by Crippen LogP contribution is 2.35. The number of nitrogens with two attached hydrogens (primary N) is 1. The van der Waals surface area contributed by atoms with Crippen molar-refractivity contribution >= 4 is 0 Å². The lowest BCUT2D eigenvalue weighted by Crippen LogP contribution is -2.40. The SMILES string of the molecule is CCC(N)C(c1ccccc1OC)N1CCC(COC)C1. The van der Waals surface area contributed by atoms with Crippen LogP contribution < -0.4 is 10.5 Å². The zero-order chi connectivity index (χ0) is 15.2. The van der Waals surface area contributed by atoms with Crippen molar-refractivity contribution in [2.75, 3.05) is 33.9 Å². The van der Waals surface area contributed by atoms with Crippen LogP contribution in [0.2, 0.25) is 0 Å². The summed E-state index contributed by atoms with van der Waals surface area (Å²) in [6.45, 7) is 5.10. The van der Waals surface area contributed by atoms with Crippen LogP contribution in [0, 0.1) is 5.92 Å². The van der Waals surface area contributed by atoms with Gasteiger partial charge in [0.05, 0.1) is 19.8 Å². The third-order valence-electron chi connectivity index (χ3n) is 4.45. The van der Waals surface area contributed by atoms with E-state index < -0.39 is 0 Å². The predicted molar refractivity (Wildman–Crippen MR) is 85.6 cm³/mol. The van der Waals surface area contributed by atoms with Crippen molar-refractivity contribution in [1.82, 2.24) is 4.90 Å². The van der Waals surface area contributed by atoms with Crippen LogP contribution in [0.15, 0.2) is 24.3 Å². The molecule has 3 atom stereocenters. The van der Waals surface area contributed by atoms with E-state index in [4.69, 9.17) is 15.2 Å². The second-order valence-electron chi connectivity index (χ2n) is 5.86. The highest BCUT2D eigenvalue weighted by atomic mass is 16.5. The van der Waals surface area contributed by atoms with E-state index in [2.05, 4.69) is 24.0 Å². The number of para-hydroxylation sites is 1. The minimum absolute atomic E-state index is 0.114. The van der Waals surface area contributed by atoms with Crippen molar-refractivity contribution in [3.63, 3.8) is 0 Å². The summed E-state index contributed by atoms with van der Waals surface area (Å²) in [5.41, 5.74) is 7.64. The molecule has 1 fully saturated rings. The molecule has 2 rings (SSSR count). The summed E-state index contributed by atoms with van der Waals surface area (Å²) in [7, 11) is 3.50. The maximum absolute atomic E-state index is 6.44. The zero-order valence-corrected chi connectivity index (χ0v) is 13.4. The van der Waals surface area contributed by atoms with Crippen LogP contribution in [0.3, 0.4) is 0 Å². The molecule has 0 aliphatic carbocycles. The van der Waals surface area contributed by atoms with E-state index in [1.54, 1.807) is 14.2 Å². The van der Waals surface area contributed by atoms with Crippen LogP contribution in [0.4, 0.5) is 0 Å². The van der Waals surface area contributed by atoms with Gasteiger partial charge in [-0.1, -0.05) is 25.1 Å². The van der Waals surface area contributed by atoms with E-state index in [1.807, 2.05) is 12.1 Å². The van der Waals surface area contributed by atoms with Gasteiger partial charge in [-0.3, -0.25) is 4.90 Å². The van der Waals surface area contributed by atoms with Gasteiger partial charge in [0.1, 0.15) is 5.75 Å². The molecule has 1 aliphatic heterocycles. The van der Waals surface area contributed by atoms with Crippen LogP contribution in [0.1, 0.15) is 31.4 Å². The van der Waals surface area contributed by atoms with Gasteiger partial charge in [-0.15, -0.1) is 0 Å². The van der Waals surface area contributed by atoms with Gasteiger partial charge < -0.3 is 15.2 Å². The van der Waals surface area contributed by atoms with Gasteiger partial charge in [-0.2, -0.15) is 0 Å². The molecule has 118 valence electrons. The number of hydrogen-bond acceptors (Lipinski definition) is 4. The highest BCUT2D eigenvalue weighted by molar-refractivity contribution is 5.37. The summed E-state index contributed by atoms with van der Waals surface area (Å²) in [5.74, 6) is 1.54. The molecular formula is C17H28N2O2. The third kappa shape index (κ3) is 3.76. The summed E-state index contributed by atoms with van der Waals surface area (Å²) < 4.78 is 10.9. The second-order valence-corrected chi connectivity index (χ2v) is 5.86. The number of likely N-dealkylation sites (tertiary alicyclic amines) is 1. The topological polar surface area (TPSA) is 47.7 Å². The summed E-state index contributed by atoms with van der Waals surface area (Å²) in [5, 5.41) is 0. The van der Waals surface area contributed by atoms with Gasteiger partial charge in [-0.25, -0.2) is 0 Å². The maximum Gasteiger partial charge on any atom is 0.123 e. The first kappa shape index (κ1) is 16.3. The molecular weight excluding hydrogens is 264 g/mol. The van der Waals surface area contributed by atoms with Crippen molar-refractivity contribution < 1.29 is 9.47 Å². The fourth-order valence-corrected chi connectivity index (χ4v) is 3.32. The Balaban J connectivity index is 2.23. The first-order chi connectivity index (χ1) is 10.2. The Morgan fingerprint density at radius 3 is 2.76 bits per heavy atom. The lowest BCUT2D eigenvalue weighted by Gasteiger charge is -2.33. The number of hydrogen-bond donors (Lipinski definition) is 1. The van der Waals surface area contributed by atoms with Crippen molar-refractivity contribution in [3.8, 4) is 5.75 Å². The Labute approximate surface area is 128 Å². The summed E-state index contributed by atoms with van der Waals surface area (Å²) in [6.07, 6.45) is 2.13. The van der Waals surface area contributed by atoms with Gasteiger partial charge in [0.25, 0.3) is 0 Å². The van der Waals surface area contributed by atoms with E-state index in [-0.39, 0.29) is 12.1 Å². The Morgan fingerprint density at radius 1 is 1.33 bits per heavy atom. The Bertz CT molecular complexity index is 439. The molecule has 3 unspecified atom stereocenters. The lowest BCUT2D eigenvalue weighted by atomic mass is 9.95. The molecule has 2 N–H and O–H groups in total. The van der Waals surface area contributed by atoms with Crippen molar-refractivity contribution in [3.05, 3.63) is 29.8 Å². The molecule has 4 nitrogen and oxygen atoms in total. The van der Waals surface area contributed by atoms with Crippen LogP contribution in [0.25, 0.3) is 0 Å². The molecule has 1 aromatic carbocycles. The third-order valence-corrected chi connectivity index (χ3v) is 4.45. The highest BCUT2D eigenvalue weighted by Gasteiger charge is 2.33. The molecule has 4 heteroatoms. The number of nitrogens with zero attached hydrogens (tertiary/aromatic N) is 1. The van der Waals surface area contributed by atoms with Crippen LogP contribution in [0.5, 0.6) is 5.75 Å². The molecule has 1 heterocycles. The molecule has 1 aliphatic rings. The molecule has 0 aromatic heterocycles. The van der Waals surface area contributed by atoms with Gasteiger partial charge in [0, 0.05) is 25.3 Å². The van der Waals surface area contributed by atoms with Gasteiger partial charge in [0.15, 0.2) is 0 Å². The zero-order valence-electron chi connectivity index (χ0n) is 13.4. The van der Waals surface area contributed by atoms with Crippen LogP contribution in [-0.2, 0) is 4.74 Å². The molecule has 0 bridgehead atoms. The van der Waals surface area contributed by atoms with Gasteiger partial charge in [0.2, 0.25) is 0 Å². The number of methoxy groups -OCH3 is 2. The standard InChI is InChI=1S/C17H28N2O2/c1-4-15(18)17(14-7-5-6-8-16(14)21-3)19-10-9-13(11-19)12-20-2/h5-8,13,15,17H,4,9-12,18H2,1-3H3. The fourth-order valence-electron chi connectivity index (χ4n) is 3.32. The van der Waals surface area contributed by atoms with Crippen LogP contribution >= 0.6 is 0 Å². The Morgan fingerprint density at radius 2 is 2.10 bits per heavy atom. The minimum Gasteiger partial charge on any atom is -0.496 e. The number of benzene rings is 1. The summed E-state index contributed by atoms with van der Waals surface area (Å²) >= 11 is 0. The Kier molecular flexibility index (Phi) is 6.03. The van der Waals surface area contributed by atoms with E-state index in [9.17, 15) is 0 Å². The normalized spacial score (nSPS) is 22.2. The molecule has 21 heavy (non-hydrogen) atoms. The van der Waals surface area contributed by atoms with E-state index >= 15 is 0 Å². The Hall–Kier alpha value is -1.10. The molecule has 1 saturated heterocycles.